The average Bonchev–Trinajstić information content (AvgIpc) is 3.08. The molecule has 7 nitrogen and oxygen atoms in total. The number of hydrogen-bond donors (Lipinski definition) is 2. The second-order valence-electron chi connectivity index (χ2n) is 7.85. The van der Waals surface area contributed by atoms with Gasteiger partial charge in [0, 0.05) is 5.69 Å². The zero-order valence-electron chi connectivity index (χ0n) is 18.5. The maximum atomic E-state index is 12.6. The van der Waals surface area contributed by atoms with Crippen LogP contribution in [0.25, 0.3) is 0 Å². The molecule has 3 rings (SSSR count). The Balaban J connectivity index is 1.59. The van der Waals surface area contributed by atoms with Gasteiger partial charge in [-0.2, -0.15) is 0 Å². The van der Waals surface area contributed by atoms with Gasteiger partial charge in [-0.1, -0.05) is 49.9 Å². The van der Waals surface area contributed by atoms with E-state index in [0.717, 1.165) is 22.6 Å². The van der Waals surface area contributed by atoms with E-state index in [1.807, 2.05) is 63.2 Å². The molecule has 0 spiro atoms. The second kappa shape index (κ2) is 9.87. The number of nitrogens with zero attached hydrogens (tertiary/aromatic N) is 3. The van der Waals surface area contributed by atoms with Crippen LogP contribution in [0.3, 0.4) is 0 Å². The first-order chi connectivity index (χ1) is 14.7. The monoisotopic (exact) mass is 439 g/mol. The molecule has 0 aliphatic heterocycles. The Bertz CT molecular complexity index is 1050. The Morgan fingerprint density at radius 2 is 1.84 bits per heavy atom. The van der Waals surface area contributed by atoms with Gasteiger partial charge in [-0.05, 0) is 61.6 Å². The summed E-state index contributed by atoms with van der Waals surface area (Å²) in [7, 11) is 0. The van der Waals surface area contributed by atoms with E-state index >= 15 is 0 Å². The summed E-state index contributed by atoms with van der Waals surface area (Å²) >= 11 is 1.25. The fourth-order valence-corrected chi connectivity index (χ4v) is 3.69. The summed E-state index contributed by atoms with van der Waals surface area (Å²) in [5.74, 6) is 7.70. The van der Waals surface area contributed by atoms with Gasteiger partial charge in [0.15, 0.2) is 5.82 Å². The van der Waals surface area contributed by atoms with Gasteiger partial charge in [0.25, 0.3) is 0 Å². The first kappa shape index (κ1) is 22.7. The zero-order chi connectivity index (χ0) is 22.5. The summed E-state index contributed by atoms with van der Waals surface area (Å²) in [6.07, 6.45) is 0. The first-order valence-corrected chi connectivity index (χ1v) is 11.1. The number of aryl methyl sites for hydroxylation is 2. The SMILES string of the molecule is Cc1ccc(C)c(NC(=O)C(C)Sc2nnc(COc3ccc(C(C)C)cc3)n2N)c1. The summed E-state index contributed by atoms with van der Waals surface area (Å²) in [4.78, 5) is 12.6. The third-order valence-corrected chi connectivity index (χ3v) is 6.01. The normalized spacial score (nSPS) is 12.1. The molecule has 1 aromatic heterocycles. The van der Waals surface area contributed by atoms with E-state index in [4.69, 9.17) is 10.6 Å². The van der Waals surface area contributed by atoms with Crippen LogP contribution in [0.4, 0.5) is 5.69 Å². The van der Waals surface area contributed by atoms with Crippen LogP contribution < -0.4 is 15.9 Å². The van der Waals surface area contributed by atoms with Crippen LogP contribution in [-0.4, -0.2) is 26.0 Å². The number of carbonyl (C=O) groups is 1. The number of nitrogen functional groups attached to an aromatic ring is 1. The molecule has 3 aromatic rings. The Labute approximate surface area is 187 Å². The number of aromatic nitrogens is 3. The number of thioether (sulfide) groups is 1. The van der Waals surface area contributed by atoms with Crippen molar-refractivity contribution in [3.05, 3.63) is 65.0 Å². The number of nitrogens with two attached hydrogens (primary N) is 1. The molecule has 0 bridgehead atoms. The summed E-state index contributed by atoms with van der Waals surface area (Å²) < 4.78 is 7.15. The zero-order valence-corrected chi connectivity index (χ0v) is 19.4. The maximum absolute atomic E-state index is 12.6. The number of carbonyl (C=O) groups excluding carboxylic acids is 1. The van der Waals surface area contributed by atoms with E-state index in [1.54, 1.807) is 0 Å². The van der Waals surface area contributed by atoms with E-state index in [9.17, 15) is 4.79 Å². The van der Waals surface area contributed by atoms with Crippen molar-refractivity contribution in [1.29, 1.82) is 0 Å². The van der Waals surface area contributed by atoms with Gasteiger partial charge in [-0.15, -0.1) is 10.2 Å². The molecule has 0 aliphatic rings. The third-order valence-electron chi connectivity index (χ3n) is 4.95. The average molecular weight is 440 g/mol. The van der Waals surface area contributed by atoms with Crippen LogP contribution >= 0.6 is 11.8 Å². The molecule has 1 amide bonds. The Morgan fingerprint density at radius 1 is 1.13 bits per heavy atom. The fourth-order valence-electron chi connectivity index (χ4n) is 2.90. The van der Waals surface area contributed by atoms with Gasteiger partial charge in [-0.3, -0.25) is 4.79 Å². The molecule has 1 heterocycles. The van der Waals surface area contributed by atoms with Crippen LogP contribution in [0.2, 0.25) is 0 Å². The van der Waals surface area contributed by atoms with Crippen molar-refractivity contribution < 1.29 is 9.53 Å². The molecule has 0 saturated heterocycles. The van der Waals surface area contributed by atoms with Crippen molar-refractivity contribution in [2.75, 3.05) is 11.2 Å². The summed E-state index contributed by atoms with van der Waals surface area (Å²) in [5, 5.41) is 11.3. The highest BCUT2D eigenvalue weighted by atomic mass is 32.2. The van der Waals surface area contributed by atoms with Crippen LogP contribution in [0, 0.1) is 13.8 Å². The number of anilines is 1. The fraction of sp³-hybridized carbons (Fsp3) is 0.348. The van der Waals surface area contributed by atoms with E-state index in [1.165, 1.54) is 22.0 Å². The van der Waals surface area contributed by atoms with E-state index < -0.39 is 5.25 Å². The van der Waals surface area contributed by atoms with Crippen molar-refractivity contribution in [3.63, 3.8) is 0 Å². The molecule has 2 aromatic carbocycles. The molecule has 0 aliphatic carbocycles. The van der Waals surface area contributed by atoms with E-state index in [-0.39, 0.29) is 12.5 Å². The molecule has 1 atom stereocenters. The Morgan fingerprint density at radius 3 is 2.52 bits per heavy atom. The van der Waals surface area contributed by atoms with Crippen molar-refractivity contribution in [2.45, 2.75) is 57.5 Å². The highest BCUT2D eigenvalue weighted by Gasteiger charge is 2.20. The van der Waals surface area contributed by atoms with Crippen LogP contribution in [0.1, 0.15) is 49.2 Å². The van der Waals surface area contributed by atoms with Gasteiger partial charge in [0.2, 0.25) is 11.1 Å². The molecule has 0 saturated carbocycles. The predicted octanol–water partition coefficient (Wildman–Crippen LogP) is 4.43. The Hall–Kier alpha value is -3.00. The van der Waals surface area contributed by atoms with Crippen molar-refractivity contribution in [3.8, 4) is 5.75 Å². The quantitative estimate of drug-likeness (QED) is 0.398. The molecular weight excluding hydrogens is 410 g/mol. The highest BCUT2D eigenvalue weighted by molar-refractivity contribution is 8.00. The molecule has 3 N–H and O–H groups in total. The van der Waals surface area contributed by atoms with Crippen LogP contribution in [-0.2, 0) is 11.4 Å². The molecule has 1 unspecified atom stereocenters. The summed E-state index contributed by atoms with van der Waals surface area (Å²) in [5.41, 5.74) is 4.16. The van der Waals surface area contributed by atoms with Gasteiger partial charge in [0.1, 0.15) is 12.4 Å². The van der Waals surface area contributed by atoms with Gasteiger partial charge in [-0.25, -0.2) is 4.68 Å². The molecule has 164 valence electrons. The minimum absolute atomic E-state index is 0.121. The number of benzene rings is 2. The minimum atomic E-state index is -0.399. The maximum Gasteiger partial charge on any atom is 0.237 e. The van der Waals surface area contributed by atoms with Gasteiger partial charge >= 0.3 is 0 Å². The third kappa shape index (κ3) is 5.79. The lowest BCUT2D eigenvalue weighted by atomic mass is 10.0. The van der Waals surface area contributed by atoms with E-state index in [2.05, 4.69) is 29.4 Å². The Kier molecular flexibility index (Phi) is 7.22. The number of rotatable bonds is 8. The van der Waals surface area contributed by atoms with Gasteiger partial charge < -0.3 is 15.9 Å². The lowest BCUT2D eigenvalue weighted by Gasteiger charge is -2.13. The topological polar surface area (TPSA) is 95.1 Å². The first-order valence-electron chi connectivity index (χ1n) is 10.2. The number of amides is 1. The van der Waals surface area contributed by atoms with E-state index in [0.29, 0.717) is 16.9 Å². The van der Waals surface area contributed by atoms with Gasteiger partial charge in [0.05, 0.1) is 5.25 Å². The number of nitrogens with one attached hydrogen (secondary N) is 1. The molecule has 0 radical (unpaired) electrons. The smallest absolute Gasteiger partial charge is 0.237 e. The van der Waals surface area contributed by atoms with Crippen molar-refractivity contribution in [1.82, 2.24) is 14.9 Å². The summed E-state index contributed by atoms with van der Waals surface area (Å²) in [6.45, 7) is 10.3. The van der Waals surface area contributed by atoms with Crippen LogP contribution in [0.5, 0.6) is 5.75 Å². The molecule has 0 fully saturated rings. The number of hydrogen-bond acceptors (Lipinski definition) is 6. The second-order valence-corrected chi connectivity index (χ2v) is 9.16. The number of ether oxygens (including phenoxy) is 1. The minimum Gasteiger partial charge on any atom is -0.486 e. The highest BCUT2D eigenvalue weighted by Crippen LogP contribution is 2.24. The molecule has 31 heavy (non-hydrogen) atoms. The summed E-state index contributed by atoms with van der Waals surface area (Å²) in [6, 6.07) is 13.9. The largest absolute Gasteiger partial charge is 0.486 e. The van der Waals surface area contributed by atoms with Crippen molar-refractivity contribution >= 4 is 23.4 Å². The lowest BCUT2D eigenvalue weighted by Crippen LogP contribution is -2.24. The molecular formula is C23H29N5O2S. The lowest BCUT2D eigenvalue weighted by molar-refractivity contribution is -0.115. The predicted molar refractivity (Wildman–Crippen MR) is 125 cm³/mol. The molecule has 8 heteroatoms. The standard InChI is InChI=1S/C23H29N5O2S/c1-14(2)18-8-10-19(11-9-18)30-13-21-26-27-23(28(21)24)31-17(5)22(29)25-20-12-15(3)6-7-16(20)4/h6-12,14,17H,13,24H2,1-5H3,(H,25,29). The van der Waals surface area contributed by atoms with Crippen molar-refractivity contribution in [2.24, 2.45) is 0 Å². The van der Waals surface area contributed by atoms with Crippen LogP contribution in [0.15, 0.2) is 47.6 Å².